The summed E-state index contributed by atoms with van der Waals surface area (Å²) < 4.78 is 13.5. The summed E-state index contributed by atoms with van der Waals surface area (Å²) in [6.07, 6.45) is 9.65. The minimum absolute atomic E-state index is 0.0606. The van der Waals surface area contributed by atoms with E-state index in [1.807, 2.05) is 19.1 Å². The van der Waals surface area contributed by atoms with E-state index < -0.39 is 34.9 Å². The predicted octanol–water partition coefficient (Wildman–Crippen LogP) is 8.23. The van der Waals surface area contributed by atoms with Crippen molar-refractivity contribution in [2.75, 3.05) is 7.11 Å². The maximum atomic E-state index is 12.3. The Labute approximate surface area is 312 Å². The number of aromatic nitrogens is 1. The summed E-state index contributed by atoms with van der Waals surface area (Å²) in [4.78, 5) is 11.8. The topological polar surface area (TPSA) is 136 Å². The van der Waals surface area contributed by atoms with Crippen molar-refractivity contribution >= 4 is 33.5 Å². The Bertz CT molecular complexity index is 2250. The lowest BCUT2D eigenvalue weighted by Gasteiger charge is -2.64. The summed E-state index contributed by atoms with van der Waals surface area (Å²) in [5.41, 5.74) is 5.53. The van der Waals surface area contributed by atoms with E-state index in [9.17, 15) is 25.4 Å². The highest BCUT2D eigenvalue weighted by Crippen LogP contribution is 2.71. The second-order valence-corrected chi connectivity index (χ2v) is 18.3. The summed E-state index contributed by atoms with van der Waals surface area (Å²) in [5.74, 6) is 0.345. The fraction of sp³-hybridized carbons (Fsp3) is 0.545. The molecule has 9 nitrogen and oxygen atoms in total. The molecule has 2 saturated carbocycles. The van der Waals surface area contributed by atoms with Crippen molar-refractivity contribution in [3.63, 3.8) is 0 Å². The Balaban J connectivity index is 1.33. The number of alkyl carbamates (subject to hydrolysis) is 1. The van der Waals surface area contributed by atoms with Crippen LogP contribution in [0.15, 0.2) is 42.6 Å². The molecule has 9 heteroatoms. The molecule has 0 radical (unpaired) electrons. The Hall–Kier alpha value is -4.10. The number of methoxy groups -OCH3 is 1. The number of hydrogen-bond donors (Lipinski definition) is 4. The van der Waals surface area contributed by atoms with Crippen molar-refractivity contribution in [1.29, 1.82) is 5.26 Å². The second-order valence-electron chi connectivity index (χ2n) is 18.3. The van der Waals surface area contributed by atoms with Gasteiger partial charge >= 0.3 is 6.09 Å². The first-order valence-corrected chi connectivity index (χ1v) is 19.1. The van der Waals surface area contributed by atoms with E-state index in [4.69, 9.17) is 4.74 Å². The van der Waals surface area contributed by atoms with Gasteiger partial charge in [-0.2, -0.15) is 5.26 Å². The van der Waals surface area contributed by atoms with Crippen LogP contribution in [0.2, 0.25) is 0 Å². The Morgan fingerprint density at radius 2 is 1.87 bits per heavy atom. The average molecular weight is 720 g/mol. The van der Waals surface area contributed by atoms with E-state index >= 15 is 0 Å². The molecule has 1 aromatic carbocycles. The Morgan fingerprint density at radius 1 is 1.15 bits per heavy atom. The lowest BCUT2D eigenvalue weighted by molar-refractivity contribution is -0.144. The highest BCUT2D eigenvalue weighted by atomic mass is 16.5. The molecule has 280 valence electrons. The second kappa shape index (κ2) is 11.2. The van der Waals surface area contributed by atoms with Crippen molar-refractivity contribution in [2.24, 2.45) is 28.6 Å². The zero-order chi connectivity index (χ0) is 38.4. The molecule has 3 aromatic rings. The van der Waals surface area contributed by atoms with E-state index in [2.05, 4.69) is 81.6 Å². The van der Waals surface area contributed by atoms with Gasteiger partial charge in [-0.05, 0) is 124 Å². The molecule has 5 aliphatic rings. The third kappa shape index (κ3) is 4.49. The molecule has 2 fully saturated rings. The summed E-state index contributed by atoms with van der Waals surface area (Å²) in [5, 5.41) is 50.2. The number of aliphatic hydroxyl groups excluding tert-OH is 2. The number of rotatable bonds is 4. The van der Waals surface area contributed by atoms with E-state index in [0.29, 0.717) is 23.4 Å². The number of carbonyl (C=O) groups is 1. The van der Waals surface area contributed by atoms with E-state index in [-0.39, 0.29) is 34.1 Å². The number of aliphatic hydroxyl groups is 2. The maximum absolute atomic E-state index is 12.3. The van der Waals surface area contributed by atoms with Crippen LogP contribution in [0.25, 0.3) is 27.4 Å². The average Bonchev–Trinajstić information content (AvgIpc) is 3.75. The van der Waals surface area contributed by atoms with Crippen LogP contribution >= 0.6 is 0 Å². The van der Waals surface area contributed by atoms with Crippen LogP contribution in [0.4, 0.5) is 4.79 Å². The van der Waals surface area contributed by atoms with Crippen molar-refractivity contribution in [3.05, 3.63) is 70.7 Å². The summed E-state index contributed by atoms with van der Waals surface area (Å²) in [6.45, 7) is 21.5. The zero-order valence-corrected chi connectivity index (χ0v) is 32.5. The van der Waals surface area contributed by atoms with Crippen LogP contribution in [0.3, 0.4) is 0 Å². The molecule has 0 saturated heterocycles. The number of nitrogens with one attached hydrogen (secondary N) is 1. The fourth-order valence-electron chi connectivity index (χ4n) is 12.6. The molecule has 8 atom stereocenters. The largest absolute Gasteiger partial charge is 0.505 e. The van der Waals surface area contributed by atoms with Crippen molar-refractivity contribution in [1.82, 2.24) is 9.72 Å². The van der Waals surface area contributed by atoms with Gasteiger partial charge in [0, 0.05) is 38.8 Å². The molecule has 0 spiro atoms. The summed E-state index contributed by atoms with van der Waals surface area (Å²) in [7, 11) is 1.25. The first-order valence-electron chi connectivity index (χ1n) is 19.1. The Morgan fingerprint density at radius 3 is 2.53 bits per heavy atom. The number of nitriles is 1. The van der Waals surface area contributed by atoms with Gasteiger partial charge in [-0.15, -0.1) is 0 Å². The third-order valence-electron chi connectivity index (χ3n) is 14.7. The molecule has 1 amide bonds. The molecule has 2 aromatic heterocycles. The number of hydrogen-bond acceptors (Lipinski definition) is 7. The normalized spacial score (nSPS) is 35.3. The van der Waals surface area contributed by atoms with Crippen LogP contribution in [0.5, 0.6) is 5.75 Å². The van der Waals surface area contributed by atoms with Gasteiger partial charge in [-0.25, -0.2) is 4.79 Å². The molecular formula is C44H53N3O6. The number of aromatic hydroxyl groups is 1. The SMILES string of the molecule is C=C(C)c1c(O)c2c3c(cc4c5c(n1c42)[C@@]1(C)C(CCC2[C@](C)(C=CC=C(C#N)NC(=O)OC)C(O)CC[C@@]21C)C5)C1=CC(C)(C)OC(C)(C)C1C3O. The zero-order valence-electron chi connectivity index (χ0n) is 32.5. The number of amides is 1. The van der Waals surface area contributed by atoms with Gasteiger partial charge in [-0.1, -0.05) is 39.5 Å². The molecule has 3 heterocycles. The van der Waals surface area contributed by atoms with Gasteiger partial charge in [0.2, 0.25) is 0 Å². The third-order valence-corrected chi connectivity index (χ3v) is 14.7. The van der Waals surface area contributed by atoms with Crippen molar-refractivity contribution < 1.29 is 29.6 Å². The minimum Gasteiger partial charge on any atom is -0.505 e. The minimum atomic E-state index is -0.850. The molecule has 8 rings (SSSR count). The van der Waals surface area contributed by atoms with E-state index in [0.717, 1.165) is 58.9 Å². The smallest absolute Gasteiger partial charge is 0.411 e. The molecule has 53 heavy (non-hydrogen) atoms. The van der Waals surface area contributed by atoms with Gasteiger partial charge in [-0.3, -0.25) is 5.32 Å². The van der Waals surface area contributed by atoms with Crippen LogP contribution in [0.1, 0.15) is 115 Å². The van der Waals surface area contributed by atoms with Gasteiger partial charge in [0.05, 0.1) is 41.7 Å². The molecule has 1 aliphatic heterocycles. The number of ether oxygens (including phenoxy) is 2. The van der Waals surface area contributed by atoms with Gasteiger partial charge in [0.1, 0.15) is 17.5 Å². The number of fused-ring (bicyclic) bond motifs is 11. The maximum Gasteiger partial charge on any atom is 0.411 e. The highest BCUT2D eigenvalue weighted by molar-refractivity contribution is 6.11. The summed E-state index contributed by atoms with van der Waals surface area (Å²) >= 11 is 0. The number of carbonyl (C=O) groups excluding carboxylic acids is 1. The summed E-state index contributed by atoms with van der Waals surface area (Å²) in [6, 6.07) is 4.30. The number of benzene rings is 1. The van der Waals surface area contributed by atoms with Crippen molar-refractivity contribution in [2.45, 2.75) is 116 Å². The molecule has 0 bridgehead atoms. The first-order chi connectivity index (χ1) is 24.8. The predicted molar refractivity (Wildman–Crippen MR) is 205 cm³/mol. The van der Waals surface area contributed by atoms with Gasteiger partial charge < -0.3 is 29.2 Å². The number of nitrogens with zero attached hydrogens (tertiary/aromatic N) is 2. The van der Waals surface area contributed by atoms with E-state index in [1.165, 1.54) is 18.4 Å². The lowest BCUT2D eigenvalue weighted by atomic mass is 9.40. The first kappa shape index (κ1) is 35.9. The quantitative estimate of drug-likeness (QED) is 0.158. The number of allylic oxidation sites excluding steroid dienone is 4. The standard InChI is InChI=1S/C44H53N3O6/c1-22(2)34-37(50)32-31-25(28-20-40(3,4)53-41(5,6)33(28)36(31)49)19-26-27-18-23-13-14-29-42(7,16-11-12-24(21-45)46-39(51)52-10)30(48)15-17-43(29,8)44(23,9)38(27)47(34)35(26)32/h11-12,16,19-20,23,29-30,33,36,48-50H,1,13-15,17-18H2,2-10H3,(H,46,51)/t23?,29?,30?,33?,36?,42-,43-,44+/m0/s1. The Kier molecular flexibility index (Phi) is 7.60. The van der Waals surface area contributed by atoms with Crippen LogP contribution in [-0.4, -0.2) is 50.2 Å². The van der Waals surface area contributed by atoms with Crippen LogP contribution in [-0.2, 0) is 21.3 Å². The highest BCUT2D eigenvalue weighted by Gasteiger charge is 2.67. The fourth-order valence-corrected chi connectivity index (χ4v) is 12.6. The molecule has 5 unspecified atom stereocenters. The van der Waals surface area contributed by atoms with Gasteiger partial charge in [0.15, 0.2) is 0 Å². The van der Waals surface area contributed by atoms with E-state index in [1.54, 1.807) is 12.2 Å². The monoisotopic (exact) mass is 719 g/mol. The van der Waals surface area contributed by atoms with Gasteiger partial charge in [0.25, 0.3) is 0 Å². The molecule has 4 aliphatic carbocycles. The van der Waals surface area contributed by atoms with Crippen molar-refractivity contribution in [3.8, 4) is 11.8 Å². The van der Waals surface area contributed by atoms with Crippen LogP contribution < -0.4 is 5.32 Å². The molecular weight excluding hydrogens is 666 g/mol. The van der Waals surface area contributed by atoms with Crippen LogP contribution in [0, 0.1) is 39.9 Å². The molecule has 4 N–H and O–H groups in total. The lowest BCUT2D eigenvalue weighted by Crippen LogP contribution is -2.62.